The Labute approximate surface area is 510 Å². The van der Waals surface area contributed by atoms with Gasteiger partial charge in [0.15, 0.2) is 48.3 Å². The molecule has 0 amide bonds. The van der Waals surface area contributed by atoms with Crippen molar-refractivity contribution in [2.75, 3.05) is 127 Å². The molecule has 0 aliphatic carbocycles. The van der Waals surface area contributed by atoms with Gasteiger partial charge in [0.2, 0.25) is 0 Å². The van der Waals surface area contributed by atoms with Crippen molar-refractivity contribution >= 4 is 6.29 Å². The molecule has 488 valence electrons. The number of methoxy groups -OCH3 is 3. The van der Waals surface area contributed by atoms with Crippen LogP contribution in [0, 0.1) is 0 Å². The second-order valence-corrected chi connectivity index (χ2v) is 21.3. The van der Waals surface area contributed by atoms with E-state index in [2.05, 4.69) is 0 Å². The summed E-state index contributed by atoms with van der Waals surface area (Å²) in [5, 5.41) is 84.6. The molecule has 7 fully saturated rings. The number of ether oxygens (including phenoxy) is 20. The molecule has 19 unspecified atom stereocenters. The standard InChI is InChI=1S/C17H30O8.C12H20O6.2C11H22O8.CH4.Na.H/c1-16(2)21-10-11(23-16)12-13(20-9-8-19-7-6-18-5)14-15(22-12)25-17(3,4)24-14;1-11(2)14-5-6(16-11)8-7(13)9-10(15-8)18-12(3,4)17-9;1-16-2-3-17-4-5-18-10-8(14)11(15)19-9(10)7(13)6-12;1-17-2-3-18-4-5-19-11(9(15)7-13)10(16)8(14)6-12;;;/h11-15H,6-10H2,1-5H3;6-10,13H,5H2,1-4H3;7-15H,2-6H2,1H3;7-12,14-16H,2-6H2,1H3;1H4;;/q;;;;;+1;-1. The van der Waals surface area contributed by atoms with E-state index in [1.165, 1.54) is 7.11 Å². The van der Waals surface area contributed by atoms with Gasteiger partial charge in [-0.05, 0) is 55.4 Å². The Morgan fingerprint density at radius 2 is 0.976 bits per heavy atom. The fourth-order valence-corrected chi connectivity index (χ4v) is 9.12. The fraction of sp³-hybridized carbons (Fsp3) is 0.981. The van der Waals surface area contributed by atoms with E-state index in [1.54, 1.807) is 28.1 Å². The Morgan fingerprint density at radius 1 is 0.530 bits per heavy atom. The zero-order chi connectivity index (χ0) is 60.1. The van der Waals surface area contributed by atoms with Gasteiger partial charge in [0.1, 0.15) is 97.7 Å². The Hall–Kier alpha value is -0.490. The van der Waals surface area contributed by atoms with Crippen molar-refractivity contribution in [3.63, 3.8) is 0 Å². The summed E-state index contributed by atoms with van der Waals surface area (Å²) < 4.78 is 109. The van der Waals surface area contributed by atoms with Crippen LogP contribution in [0.1, 0.15) is 64.2 Å². The molecule has 7 rings (SSSR count). The van der Waals surface area contributed by atoms with Crippen LogP contribution in [-0.4, -0.2) is 319 Å². The molecule has 7 aliphatic heterocycles. The summed E-state index contributed by atoms with van der Waals surface area (Å²) in [4.78, 5) is 10.5. The predicted molar refractivity (Wildman–Crippen MR) is 280 cm³/mol. The second-order valence-electron chi connectivity index (χ2n) is 21.3. The largest absolute Gasteiger partial charge is 1.00 e. The number of aliphatic hydroxyl groups excluding tert-OH is 9. The van der Waals surface area contributed by atoms with E-state index in [-0.39, 0.29) is 102 Å². The zero-order valence-corrected chi connectivity index (χ0v) is 51.5. The van der Waals surface area contributed by atoms with E-state index in [4.69, 9.17) is 105 Å². The summed E-state index contributed by atoms with van der Waals surface area (Å²) in [6.45, 7) is 18.7. The molecular formula is C52H99NaO30. The van der Waals surface area contributed by atoms with E-state index >= 15 is 0 Å². The third-order valence-electron chi connectivity index (χ3n) is 13.0. The average molecular weight is 1230 g/mol. The molecule has 30 nitrogen and oxygen atoms in total. The number of rotatable bonds is 30. The van der Waals surface area contributed by atoms with Crippen LogP contribution < -0.4 is 29.6 Å². The van der Waals surface area contributed by atoms with Gasteiger partial charge in [0.05, 0.1) is 106 Å². The van der Waals surface area contributed by atoms with E-state index in [1.807, 2.05) is 41.5 Å². The minimum absolute atomic E-state index is 0. The number of carbonyl (C=O) groups excluding carboxylic acids is 1. The summed E-state index contributed by atoms with van der Waals surface area (Å²) in [6, 6.07) is 0. The average Bonchev–Trinajstić information content (AvgIpc) is 3.26. The normalized spacial score (nSPS) is 34.0. The first-order valence-electron chi connectivity index (χ1n) is 27.1. The molecule has 19 atom stereocenters. The van der Waals surface area contributed by atoms with E-state index in [9.17, 15) is 40.5 Å². The summed E-state index contributed by atoms with van der Waals surface area (Å²) in [7, 11) is 4.74. The molecule has 0 spiro atoms. The Bertz CT molecular complexity index is 1730. The van der Waals surface area contributed by atoms with Gasteiger partial charge >= 0.3 is 29.6 Å². The molecule has 9 N–H and O–H groups in total. The molecule has 7 saturated heterocycles. The Balaban J connectivity index is 0.000000559. The first kappa shape index (κ1) is 78.6. The summed E-state index contributed by atoms with van der Waals surface area (Å²) >= 11 is 0. The molecule has 7 aliphatic rings. The summed E-state index contributed by atoms with van der Waals surface area (Å²) in [5.41, 5.74) is 0. The smallest absolute Gasteiger partial charge is 1.00 e. The topological polar surface area (TPSA) is 384 Å². The van der Waals surface area contributed by atoms with Crippen molar-refractivity contribution < 1.29 is 176 Å². The molecule has 0 radical (unpaired) electrons. The molecule has 0 aromatic carbocycles. The van der Waals surface area contributed by atoms with Crippen LogP contribution in [-0.2, 0) is 99.5 Å². The quantitative estimate of drug-likeness (QED) is 0.0184. The minimum Gasteiger partial charge on any atom is -1.00 e. The molecule has 0 bridgehead atoms. The maximum Gasteiger partial charge on any atom is 1.00 e. The predicted octanol–water partition coefficient (Wildman–Crippen LogP) is -6.04. The summed E-state index contributed by atoms with van der Waals surface area (Å²) in [5.74, 6) is -2.66. The van der Waals surface area contributed by atoms with Crippen molar-refractivity contribution in [3.05, 3.63) is 0 Å². The first-order valence-corrected chi connectivity index (χ1v) is 27.1. The maximum atomic E-state index is 10.5. The van der Waals surface area contributed by atoms with Gasteiger partial charge in [0, 0.05) is 21.3 Å². The van der Waals surface area contributed by atoms with Crippen LogP contribution in [0.4, 0.5) is 0 Å². The van der Waals surface area contributed by atoms with Crippen LogP contribution in [0.15, 0.2) is 0 Å². The van der Waals surface area contributed by atoms with Crippen molar-refractivity contribution in [3.8, 4) is 0 Å². The van der Waals surface area contributed by atoms with Crippen LogP contribution in [0.25, 0.3) is 0 Å². The van der Waals surface area contributed by atoms with Crippen molar-refractivity contribution in [1.82, 2.24) is 0 Å². The van der Waals surface area contributed by atoms with Crippen molar-refractivity contribution in [2.45, 2.75) is 202 Å². The van der Waals surface area contributed by atoms with Crippen LogP contribution in [0.5, 0.6) is 0 Å². The number of hydrogen-bond acceptors (Lipinski definition) is 30. The monoisotopic (exact) mass is 1230 g/mol. The molecular weight excluding hydrogens is 1130 g/mol. The van der Waals surface area contributed by atoms with Crippen molar-refractivity contribution in [2.24, 2.45) is 0 Å². The second kappa shape index (κ2) is 38.3. The number of fused-ring (bicyclic) bond motifs is 2. The molecule has 0 aromatic heterocycles. The number of aldehydes is 1. The number of aliphatic hydroxyl groups is 9. The Kier molecular flexibility index (Phi) is 36.2. The molecule has 0 saturated carbocycles. The van der Waals surface area contributed by atoms with E-state index < -0.39 is 122 Å². The van der Waals surface area contributed by atoms with Gasteiger partial charge in [-0.3, -0.25) is 0 Å². The molecule has 7 heterocycles. The summed E-state index contributed by atoms with van der Waals surface area (Å²) in [6.07, 6.45) is -15.8. The minimum atomic E-state index is -1.60. The Morgan fingerprint density at radius 3 is 1.42 bits per heavy atom. The van der Waals surface area contributed by atoms with E-state index in [0.29, 0.717) is 66.1 Å². The maximum absolute atomic E-state index is 10.5. The van der Waals surface area contributed by atoms with Crippen LogP contribution in [0.2, 0.25) is 0 Å². The van der Waals surface area contributed by atoms with Gasteiger partial charge in [-0.15, -0.1) is 0 Å². The van der Waals surface area contributed by atoms with Gasteiger partial charge in [0.25, 0.3) is 0 Å². The van der Waals surface area contributed by atoms with Gasteiger partial charge in [-0.1, -0.05) is 7.43 Å². The fourth-order valence-electron chi connectivity index (χ4n) is 9.12. The van der Waals surface area contributed by atoms with Crippen LogP contribution >= 0.6 is 0 Å². The van der Waals surface area contributed by atoms with E-state index in [0.717, 1.165) is 0 Å². The third-order valence-corrected chi connectivity index (χ3v) is 13.0. The van der Waals surface area contributed by atoms with Gasteiger partial charge < -0.3 is 147 Å². The van der Waals surface area contributed by atoms with Crippen LogP contribution in [0.3, 0.4) is 0 Å². The van der Waals surface area contributed by atoms with Gasteiger partial charge in [-0.2, -0.15) is 0 Å². The van der Waals surface area contributed by atoms with Gasteiger partial charge in [-0.25, -0.2) is 0 Å². The van der Waals surface area contributed by atoms with Crippen molar-refractivity contribution in [1.29, 1.82) is 0 Å². The number of hydrogen-bond donors (Lipinski definition) is 9. The zero-order valence-electron chi connectivity index (χ0n) is 50.5. The third kappa shape index (κ3) is 25.0. The molecule has 31 heteroatoms. The first-order chi connectivity index (χ1) is 38.3. The molecule has 83 heavy (non-hydrogen) atoms. The number of carbonyl (C=O) groups is 1. The molecule has 0 aromatic rings. The SMILES string of the molecule is C.CC1(C)OCC(C2OC3OC(C)(C)OC3C2O)O1.COCCOCCOC(C(O)C=O)C(O)C(O)CO.COCCOCCOC1C(C2COC(C)(C)O2)OC2OC(C)(C)OC21.COCCOCCOC1C(O)C(O)OC1C(O)CO.[H-].[Na+].